The second kappa shape index (κ2) is 5.78. The molecule has 0 spiro atoms. The molecule has 1 aromatic rings. The van der Waals surface area contributed by atoms with Gasteiger partial charge in [0.2, 0.25) is 0 Å². The molecule has 2 rings (SSSR count). The van der Waals surface area contributed by atoms with Gasteiger partial charge in [-0.15, -0.1) is 11.3 Å². The van der Waals surface area contributed by atoms with E-state index in [1.165, 1.54) is 17.8 Å². The number of rotatable bonds is 3. The lowest BCUT2D eigenvalue weighted by Crippen LogP contribution is -2.51. The van der Waals surface area contributed by atoms with Crippen molar-refractivity contribution in [3.8, 4) is 0 Å². The van der Waals surface area contributed by atoms with Gasteiger partial charge in [0.25, 0.3) is 5.91 Å². The van der Waals surface area contributed by atoms with Crippen LogP contribution in [-0.4, -0.2) is 18.0 Å². The van der Waals surface area contributed by atoms with Gasteiger partial charge in [0.15, 0.2) is 0 Å². The number of nitrogens with one attached hydrogen (secondary N) is 1. The number of carbonyl (C=O) groups is 1. The molecule has 3 nitrogen and oxygen atoms in total. The minimum atomic E-state index is -0.264. The number of nitrogens with two attached hydrogens (primary N) is 1. The first-order valence-electron chi connectivity index (χ1n) is 6.02. The molecule has 0 bridgehead atoms. The van der Waals surface area contributed by atoms with Crippen LogP contribution in [0.15, 0.2) is 6.07 Å². The Hall–Kier alpha value is -0.290. The molecule has 1 fully saturated rings. The van der Waals surface area contributed by atoms with E-state index in [0.29, 0.717) is 20.8 Å². The monoisotopic (exact) mass is 306 g/mol. The summed E-state index contributed by atoms with van der Waals surface area (Å²) < 4.78 is 0.942. The molecule has 1 heterocycles. The van der Waals surface area contributed by atoms with Crippen LogP contribution in [0.5, 0.6) is 0 Å². The summed E-state index contributed by atoms with van der Waals surface area (Å²) >= 11 is 13.0. The van der Waals surface area contributed by atoms with Crippen LogP contribution in [-0.2, 0) is 0 Å². The highest BCUT2D eigenvalue weighted by Gasteiger charge is 2.28. The Morgan fingerprint density at radius 2 is 2.06 bits per heavy atom. The molecule has 1 aromatic heterocycles. The first kappa shape index (κ1) is 14.1. The van der Waals surface area contributed by atoms with Crippen LogP contribution in [0.2, 0.25) is 8.67 Å². The van der Waals surface area contributed by atoms with Crippen molar-refractivity contribution in [3.63, 3.8) is 0 Å². The summed E-state index contributed by atoms with van der Waals surface area (Å²) in [6.07, 6.45) is 5.44. The molecular weight excluding hydrogens is 291 g/mol. The molecule has 0 aliphatic heterocycles. The fourth-order valence-electron chi connectivity index (χ4n) is 2.28. The molecule has 3 N–H and O–H groups in total. The standard InChI is InChI=1S/C12H16Cl2N2OS/c13-9-6-8(10(14)18-9)11(17)16-7-12(15)4-2-1-3-5-12/h6H,1-5,7,15H2,(H,16,17). The maximum absolute atomic E-state index is 12.0. The number of amides is 1. The van der Waals surface area contributed by atoms with Gasteiger partial charge in [-0.3, -0.25) is 4.79 Å². The topological polar surface area (TPSA) is 55.1 Å². The van der Waals surface area contributed by atoms with E-state index in [0.717, 1.165) is 25.7 Å². The number of thiophene rings is 1. The fraction of sp³-hybridized carbons (Fsp3) is 0.583. The van der Waals surface area contributed by atoms with Gasteiger partial charge in [-0.1, -0.05) is 42.5 Å². The minimum absolute atomic E-state index is 0.196. The van der Waals surface area contributed by atoms with Gasteiger partial charge in [0.1, 0.15) is 4.34 Å². The molecule has 0 aromatic carbocycles. The zero-order chi connectivity index (χ0) is 13.2. The van der Waals surface area contributed by atoms with Gasteiger partial charge in [-0.05, 0) is 18.9 Å². The normalized spacial score (nSPS) is 18.6. The first-order chi connectivity index (χ1) is 8.50. The quantitative estimate of drug-likeness (QED) is 0.898. The molecule has 0 saturated heterocycles. The van der Waals surface area contributed by atoms with Crippen molar-refractivity contribution in [2.24, 2.45) is 5.73 Å². The second-order valence-corrected chi connectivity index (χ2v) is 7.13. The van der Waals surface area contributed by atoms with Crippen LogP contribution >= 0.6 is 34.5 Å². The Morgan fingerprint density at radius 3 is 2.61 bits per heavy atom. The van der Waals surface area contributed by atoms with Crippen LogP contribution in [0.25, 0.3) is 0 Å². The summed E-state index contributed by atoms with van der Waals surface area (Å²) in [6.45, 7) is 0.496. The van der Waals surface area contributed by atoms with Crippen LogP contribution in [0.1, 0.15) is 42.5 Å². The SMILES string of the molecule is NC1(CNC(=O)c2cc(Cl)sc2Cl)CCCCC1. The second-order valence-electron chi connectivity index (χ2n) is 4.84. The molecule has 0 radical (unpaired) electrons. The molecular formula is C12H16Cl2N2OS. The zero-order valence-electron chi connectivity index (χ0n) is 9.97. The van der Waals surface area contributed by atoms with E-state index in [1.54, 1.807) is 6.07 Å². The summed E-state index contributed by atoms with van der Waals surface area (Å²) in [7, 11) is 0. The number of hydrogen-bond acceptors (Lipinski definition) is 3. The molecule has 18 heavy (non-hydrogen) atoms. The largest absolute Gasteiger partial charge is 0.350 e. The predicted molar refractivity (Wildman–Crippen MR) is 76.7 cm³/mol. The van der Waals surface area contributed by atoms with Crippen molar-refractivity contribution in [2.45, 2.75) is 37.6 Å². The van der Waals surface area contributed by atoms with Gasteiger partial charge in [0.05, 0.1) is 9.90 Å². The molecule has 1 amide bonds. The Kier molecular flexibility index (Phi) is 4.54. The highest BCUT2D eigenvalue weighted by Crippen LogP contribution is 2.31. The maximum atomic E-state index is 12.0. The van der Waals surface area contributed by atoms with Crippen LogP contribution in [0.4, 0.5) is 0 Å². The Balaban J connectivity index is 1.94. The van der Waals surface area contributed by atoms with E-state index in [2.05, 4.69) is 5.32 Å². The zero-order valence-corrected chi connectivity index (χ0v) is 12.3. The van der Waals surface area contributed by atoms with Crippen LogP contribution < -0.4 is 11.1 Å². The van der Waals surface area contributed by atoms with Crippen molar-refractivity contribution in [3.05, 3.63) is 20.3 Å². The number of hydrogen-bond donors (Lipinski definition) is 2. The molecule has 0 atom stereocenters. The summed E-state index contributed by atoms with van der Waals surface area (Å²) in [4.78, 5) is 12.0. The minimum Gasteiger partial charge on any atom is -0.350 e. The fourth-order valence-corrected chi connectivity index (χ4v) is 3.74. The summed E-state index contributed by atoms with van der Waals surface area (Å²) in [5, 5.41) is 2.86. The van der Waals surface area contributed by atoms with Gasteiger partial charge in [0, 0.05) is 12.1 Å². The molecule has 1 aliphatic carbocycles. The van der Waals surface area contributed by atoms with Crippen molar-refractivity contribution in [2.75, 3.05) is 6.54 Å². The van der Waals surface area contributed by atoms with Gasteiger partial charge < -0.3 is 11.1 Å². The third-order valence-corrected chi connectivity index (χ3v) is 4.84. The van der Waals surface area contributed by atoms with E-state index < -0.39 is 0 Å². The summed E-state index contributed by atoms with van der Waals surface area (Å²) in [5.74, 6) is -0.196. The Labute approximate surface area is 121 Å². The lowest BCUT2D eigenvalue weighted by atomic mass is 9.82. The molecule has 0 unspecified atom stereocenters. The van der Waals surface area contributed by atoms with E-state index >= 15 is 0 Å². The average molecular weight is 307 g/mol. The summed E-state index contributed by atoms with van der Waals surface area (Å²) in [5.41, 5.74) is 6.43. The van der Waals surface area contributed by atoms with E-state index in [9.17, 15) is 4.79 Å². The first-order valence-corrected chi connectivity index (χ1v) is 7.59. The third kappa shape index (κ3) is 3.38. The van der Waals surface area contributed by atoms with Gasteiger partial charge in [-0.25, -0.2) is 0 Å². The summed E-state index contributed by atoms with van der Waals surface area (Å²) in [6, 6.07) is 1.59. The lowest BCUT2D eigenvalue weighted by molar-refractivity contribution is 0.0938. The predicted octanol–water partition coefficient (Wildman–Crippen LogP) is 3.45. The Bertz CT molecular complexity index is 441. The lowest BCUT2D eigenvalue weighted by Gasteiger charge is -2.33. The Morgan fingerprint density at radius 1 is 1.39 bits per heavy atom. The average Bonchev–Trinajstić information content (AvgIpc) is 2.67. The number of carbonyl (C=O) groups excluding carboxylic acids is 1. The molecule has 100 valence electrons. The van der Waals surface area contributed by atoms with Crippen molar-refractivity contribution < 1.29 is 4.79 Å². The smallest absolute Gasteiger partial charge is 0.253 e. The van der Waals surface area contributed by atoms with E-state index in [-0.39, 0.29) is 11.4 Å². The third-order valence-electron chi connectivity index (χ3n) is 3.35. The maximum Gasteiger partial charge on any atom is 0.253 e. The molecule has 1 saturated carbocycles. The highest BCUT2D eigenvalue weighted by atomic mass is 35.5. The van der Waals surface area contributed by atoms with Crippen molar-refractivity contribution in [1.29, 1.82) is 0 Å². The highest BCUT2D eigenvalue weighted by molar-refractivity contribution is 7.20. The van der Waals surface area contributed by atoms with E-state index in [4.69, 9.17) is 28.9 Å². The molecule has 6 heteroatoms. The van der Waals surface area contributed by atoms with E-state index in [1.807, 2.05) is 0 Å². The number of halogens is 2. The van der Waals surface area contributed by atoms with Crippen LogP contribution in [0.3, 0.4) is 0 Å². The molecule has 1 aliphatic rings. The van der Waals surface area contributed by atoms with Crippen molar-refractivity contribution in [1.82, 2.24) is 5.32 Å². The van der Waals surface area contributed by atoms with Crippen molar-refractivity contribution >= 4 is 40.4 Å². The van der Waals surface area contributed by atoms with Crippen LogP contribution in [0, 0.1) is 0 Å². The van der Waals surface area contributed by atoms with Gasteiger partial charge >= 0.3 is 0 Å². The van der Waals surface area contributed by atoms with Gasteiger partial charge in [-0.2, -0.15) is 0 Å².